The second kappa shape index (κ2) is 4.47. The Morgan fingerprint density at radius 2 is 2.38 bits per heavy atom. The zero-order valence-electron chi connectivity index (χ0n) is 8.48. The molecule has 0 spiro atoms. The summed E-state index contributed by atoms with van der Waals surface area (Å²) in [7, 11) is 0. The molecule has 6 heteroatoms. The van der Waals surface area contributed by atoms with Crippen molar-refractivity contribution in [1.29, 1.82) is 0 Å². The molecule has 84 valence electrons. The minimum Gasteiger partial charge on any atom is -0.476 e. The van der Waals surface area contributed by atoms with Gasteiger partial charge in [0.25, 0.3) is 0 Å². The Morgan fingerprint density at radius 3 is 3.00 bits per heavy atom. The fraction of sp³-hybridized carbons (Fsp3) is 0.200. The lowest BCUT2D eigenvalue weighted by molar-refractivity contribution is 0.0687. The molecule has 0 unspecified atom stereocenters. The zero-order chi connectivity index (χ0) is 11.7. The molecule has 0 fully saturated rings. The van der Waals surface area contributed by atoms with E-state index in [2.05, 4.69) is 20.9 Å². The number of hydrogen-bond donors (Lipinski definition) is 1. The smallest absolute Gasteiger partial charge is 0.357 e. The van der Waals surface area contributed by atoms with Crippen LogP contribution >= 0.6 is 27.7 Å². The maximum atomic E-state index is 11.1. The van der Waals surface area contributed by atoms with E-state index >= 15 is 0 Å². The van der Waals surface area contributed by atoms with Crippen molar-refractivity contribution < 1.29 is 9.90 Å². The number of aromatic carboxylic acids is 1. The highest BCUT2D eigenvalue weighted by atomic mass is 79.9. The van der Waals surface area contributed by atoms with Gasteiger partial charge >= 0.3 is 5.97 Å². The molecule has 0 aliphatic heterocycles. The molecule has 2 heterocycles. The third kappa shape index (κ3) is 1.94. The molecule has 0 saturated heterocycles. The highest BCUT2D eigenvalue weighted by Gasteiger charge is 2.17. The van der Waals surface area contributed by atoms with E-state index in [1.165, 1.54) is 11.8 Å². The number of thioether (sulfide) groups is 1. The van der Waals surface area contributed by atoms with Crippen LogP contribution < -0.4 is 0 Å². The van der Waals surface area contributed by atoms with Crippen LogP contribution in [0.3, 0.4) is 0 Å². The van der Waals surface area contributed by atoms with E-state index in [-0.39, 0.29) is 5.69 Å². The first-order chi connectivity index (χ1) is 7.63. The number of aromatic nitrogens is 2. The summed E-state index contributed by atoms with van der Waals surface area (Å²) in [4.78, 5) is 15.1. The molecule has 0 aromatic carbocycles. The van der Waals surface area contributed by atoms with E-state index < -0.39 is 5.97 Å². The van der Waals surface area contributed by atoms with Gasteiger partial charge in [0, 0.05) is 10.7 Å². The third-order valence-corrected chi connectivity index (χ3v) is 3.44. The number of fused-ring (bicyclic) bond motifs is 1. The first-order valence-electron chi connectivity index (χ1n) is 4.67. The standard InChI is InChI=1S/C10H9BrN2O2S/c1-2-16-9-8(10(14)15)12-7-4-3-6(11)5-13(7)9/h3-5H,2H2,1H3,(H,14,15). The summed E-state index contributed by atoms with van der Waals surface area (Å²) >= 11 is 4.83. The van der Waals surface area contributed by atoms with Crippen LogP contribution in [0.5, 0.6) is 0 Å². The Hall–Kier alpha value is -1.01. The van der Waals surface area contributed by atoms with E-state index in [9.17, 15) is 4.79 Å². The molecule has 16 heavy (non-hydrogen) atoms. The third-order valence-electron chi connectivity index (χ3n) is 2.02. The molecule has 0 saturated carbocycles. The van der Waals surface area contributed by atoms with Crippen LogP contribution in [0.4, 0.5) is 0 Å². The first-order valence-corrected chi connectivity index (χ1v) is 6.45. The van der Waals surface area contributed by atoms with Crippen molar-refractivity contribution >= 4 is 39.3 Å². The van der Waals surface area contributed by atoms with Crippen molar-refractivity contribution in [3.8, 4) is 0 Å². The van der Waals surface area contributed by atoms with Gasteiger partial charge in [-0.2, -0.15) is 0 Å². The number of halogens is 1. The monoisotopic (exact) mass is 300 g/mol. The molecule has 4 nitrogen and oxygen atoms in total. The van der Waals surface area contributed by atoms with E-state index in [1.54, 1.807) is 10.5 Å². The highest BCUT2D eigenvalue weighted by Crippen LogP contribution is 2.25. The quantitative estimate of drug-likeness (QED) is 0.886. The minimum absolute atomic E-state index is 0.116. The molecule has 0 radical (unpaired) electrons. The van der Waals surface area contributed by atoms with Crippen molar-refractivity contribution in [3.05, 3.63) is 28.5 Å². The summed E-state index contributed by atoms with van der Waals surface area (Å²) in [5.74, 6) is -0.184. The molecule has 0 aliphatic rings. The zero-order valence-corrected chi connectivity index (χ0v) is 10.9. The molecular weight excluding hydrogens is 292 g/mol. The average molecular weight is 301 g/mol. The fourth-order valence-corrected chi connectivity index (χ4v) is 2.58. The summed E-state index contributed by atoms with van der Waals surface area (Å²) in [6.45, 7) is 1.98. The lowest BCUT2D eigenvalue weighted by Gasteiger charge is -2.00. The SMILES string of the molecule is CCSc1c(C(=O)O)nc2ccc(Br)cn12. The molecule has 0 bridgehead atoms. The molecule has 1 N–H and O–H groups in total. The van der Waals surface area contributed by atoms with Crippen molar-refractivity contribution in [1.82, 2.24) is 9.38 Å². The topological polar surface area (TPSA) is 54.6 Å². The van der Waals surface area contributed by atoms with E-state index in [0.717, 1.165) is 10.2 Å². The predicted molar refractivity (Wildman–Crippen MR) is 66.2 cm³/mol. The van der Waals surface area contributed by atoms with Gasteiger partial charge in [-0.15, -0.1) is 11.8 Å². The van der Waals surface area contributed by atoms with Gasteiger partial charge in [0.2, 0.25) is 0 Å². The van der Waals surface area contributed by atoms with Crippen LogP contribution in [-0.4, -0.2) is 26.2 Å². The normalized spacial score (nSPS) is 10.9. The van der Waals surface area contributed by atoms with Crippen LogP contribution in [0, 0.1) is 0 Å². The average Bonchev–Trinajstić information content (AvgIpc) is 2.58. The van der Waals surface area contributed by atoms with E-state index in [4.69, 9.17) is 5.11 Å². The number of carbonyl (C=O) groups is 1. The van der Waals surface area contributed by atoms with Crippen LogP contribution in [0.2, 0.25) is 0 Å². The van der Waals surface area contributed by atoms with Crippen molar-refractivity contribution in [2.45, 2.75) is 11.9 Å². The van der Waals surface area contributed by atoms with Gasteiger partial charge in [0.15, 0.2) is 5.69 Å². The number of hydrogen-bond acceptors (Lipinski definition) is 3. The Kier molecular flexibility index (Phi) is 3.20. The largest absolute Gasteiger partial charge is 0.476 e. The van der Waals surface area contributed by atoms with Gasteiger partial charge in [0.1, 0.15) is 10.7 Å². The molecule has 2 rings (SSSR count). The maximum Gasteiger partial charge on any atom is 0.357 e. The second-order valence-electron chi connectivity index (χ2n) is 3.08. The van der Waals surface area contributed by atoms with E-state index in [1.807, 2.05) is 19.2 Å². The Morgan fingerprint density at radius 1 is 1.62 bits per heavy atom. The molecule has 0 amide bonds. The number of carboxylic acid groups (broad SMARTS) is 1. The van der Waals surface area contributed by atoms with Crippen LogP contribution in [0.1, 0.15) is 17.4 Å². The Bertz CT molecular complexity index is 553. The summed E-state index contributed by atoms with van der Waals surface area (Å²) in [5.41, 5.74) is 0.765. The van der Waals surface area contributed by atoms with Crippen LogP contribution in [-0.2, 0) is 0 Å². The summed E-state index contributed by atoms with van der Waals surface area (Å²) in [6, 6.07) is 3.63. The van der Waals surface area contributed by atoms with Gasteiger partial charge < -0.3 is 5.11 Å². The number of nitrogens with zero attached hydrogens (tertiary/aromatic N) is 2. The number of carboxylic acids is 1. The van der Waals surface area contributed by atoms with Gasteiger partial charge in [-0.1, -0.05) is 6.92 Å². The number of pyridine rings is 1. The maximum absolute atomic E-state index is 11.1. The van der Waals surface area contributed by atoms with Crippen LogP contribution in [0.25, 0.3) is 5.65 Å². The summed E-state index contributed by atoms with van der Waals surface area (Å²) < 4.78 is 2.69. The lowest BCUT2D eigenvalue weighted by atomic mass is 10.5. The Balaban J connectivity index is 2.71. The first kappa shape index (κ1) is 11.5. The number of rotatable bonds is 3. The highest BCUT2D eigenvalue weighted by molar-refractivity contribution is 9.10. The minimum atomic E-state index is -0.990. The van der Waals surface area contributed by atoms with Crippen LogP contribution in [0.15, 0.2) is 27.8 Å². The molecule has 2 aromatic rings. The fourth-order valence-electron chi connectivity index (χ4n) is 1.41. The van der Waals surface area contributed by atoms with E-state index in [0.29, 0.717) is 10.7 Å². The molecule has 0 atom stereocenters. The Labute approximate surface area is 105 Å². The van der Waals surface area contributed by atoms with Gasteiger partial charge in [-0.05, 0) is 33.8 Å². The van der Waals surface area contributed by atoms with Crippen molar-refractivity contribution in [2.75, 3.05) is 5.75 Å². The predicted octanol–water partition coefficient (Wildman–Crippen LogP) is 2.91. The van der Waals surface area contributed by atoms with Crippen molar-refractivity contribution in [3.63, 3.8) is 0 Å². The lowest BCUT2D eigenvalue weighted by Crippen LogP contribution is -1.99. The summed E-state index contributed by atoms with van der Waals surface area (Å²) in [5, 5.41) is 9.73. The molecular formula is C10H9BrN2O2S. The van der Waals surface area contributed by atoms with Gasteiger partial charge in [-0.25, -0.2) is 9.78 Å². The van der Waals surface area contributed by atoms with Gasteiger partial charge in [0.05, 0.1) is 0 Å². The molecule has 0 aliphatic carbocycles. The molecule has 2 aromatic heterocycles. The number of imidazole rings is 1. The summed E-state index contributed by atoms with van der Waals surface area (Å²) in [6.07, 6.45) is 1.83. The van der Waals surface area contributed by atoms with Gasteiger partial charge in [-0.3, -0.25) is 4.40 Å². The van der Waals surface area contributed by atoms with Crippen molar-refractivity contribution in [2.24, 2.45) is 0 Å². The second-order valence-corrected chi connectivity index (χ2v) is 5.25.